The molecular formula is C19H30N2O6S2. The third kappa shape index (κ3) is 5.36. The van der Waals surface area contributed by atoms with E-state index < -0.39 is 20.0 Å². The van der Waals surface area contributed by atoms with Gasteiger partial charge in [-0.25, -0.2) is 16.8 Å². The minimum absolute atomic E-state index is 0.0468. The van der Waals surface area contributed by atoms with E-state index in [2.05, 4.69) is 0 Å². The van der Waals surface area contributed by atoms with Crippen molar-refractivity contribution >= 4 is 26.0 Å². The third-order valence-electron chi connectivity index (χ3n) is 5.11. The van der Waals surface area contributed by atoms with Crippen molar-refractivity contribution in [3.63, 3.8) is 0 Å². The molecule has 1 aromatic rings. The lowest BCUT2D eigenvalue weighted by atomic mass is 10.0. The van der Waals surface area contributed by atoms with Crippen molar-refractivity contribution in [2.24, 2.45) is 5.92 Å². The van der Waals surface area contributed by atoms with E-state index in [1.54, 1.807) is 20.8 Å². The Labute approximate surface area is 173 Å². The van der Waals surface area contributed by atoms with Crippen LogP contribution in [0.2, 0.25) is 0 Å². The summed E-state index contributed by atoms with van der Waals surface area (Å²) in [5, 5.41) is 0. The fourth-order valence-electron chi connectivity index (χ4n) is 3.45. The molecule has 8 nitrogen and oxygen atoms in total. The zero-order valence-electron chi connectivity index (χ0n) is 17.2. The minimum atomic E-state index is -3.77. The predicted molar refractivity (Wildman–Crippen MR) is 109 cm³/mol. The standard InChI is InChI=1S/C19H30N2O6S2/c1-4-20(5-2)28(23,24)17-9-11-18(12-10-17)29(25,26)21-14-7-8-16(13-15-21)19(22)27-6-3/h9-12,16H,4-8,13-15H2,1-3H3. The Balaban J connectivity index is 2.18. The number of benzene rings is 1. The maximum atomic E-state index is 13.0. The van der Waals surface area contributed by atoms with Crippen molar-refractivity contribution in [1.82, 2.24) is 8.61 Å². The number of sulfonamides is 2. The first kappa shape index (κ1) is 23.8. The predicted octanol–water partition coefficient (Wildman–Crippen LogP) is 2.07. The van der Waals surface area contributed by atoms with Crippen LogP contribution in [-0.4, -0.2) is 64.2 Å². The van der Waals surface area contributed by atoms with Crippen LogP contribution in [0.25, 0.3) is 0 Å². The van der Waals surface area contributed by atoms with Gasteiger partial charge in [0.2, 0.25) is 20.0 Å². The van der Waals surface area contributed by atoms with Crippen molar-refractivity contribution in [2.75, 3.05) is 32.8 Å². The lowest BCUT2D eigenvalue weighted by Crippen LogP contribution is -2.33. The summed E-state index contributed by atoms with van der Waals surface area (Å²) in [6, 6.07) is 5.33. The molecule has 29 heavy (non-hydrogen) atoms. The Bertz CT molecular complexity index is 893. The average Bonchev–Trinajstić information content (AvgIpc) is 2.96. The smallest absolute Gasteiger partial charge is 0.308 e. The Kier molecular flexibility index (Phi) is 8.21. The highest BCUT2D eigenvalue weighted by Crippen LogP contribution is 2.25. The summed E-state index contributed by atoms with van der Waals surface area (Å²) in [5.41, 5.74) is 0. The molecule has 1 atom stereocenters. The molecule has 1 heterocycles. The van der Waals surface area contributed by atoms with Crippen molar-refractivity contribution in [2.45, 2.75) is 49.8 Å². The highest BCUT2D eigenvalue weighted by molar-refractivity contribution is 7.89. The van der Waals surface area contributed by atoms with Gasteiger partial charge in [-0.2, -0.15) is 8.61 Å². The molecule has 1 fully saturated rings. The monoisotopic (exact) mass is 446 g/mol. The Hall–Kier alpha value is -1.49. The first-order chi connectivity index (χ1) is 13.7. The van der Waals surface area contributed by atoms with Crippen LogP contribution in [0, 0.1) is 5.92 Å². The van der Waals surface area contributed by atoms with Crippen LogP contribution >= 0.6 is 0 Å². The molecule has 2 rings (SSSR count). The number of ether oxygens (including phenoxy) is 1. The first-order valence-corrected chi connectivity index (χ1v) is 12.8. The van der Waals surface area contributed by atoms with Gasteiger partial charge in [0.1, 0.15) is 0 Å². The Morgan fingerprint density at radius 3 is 2.14 bits per heavy atom. The maximum absolute atomic E-state index is 13.0. The number of hydrogen-bond acceptors (Lipinski definition) is 6. The number of carbonyl (C=O) groups excluding carboxylic acids is 1. The van der Waals surface area contributed by atoms with Gasteiger partial charge < -0.3 is 4.74 Å². The van der Waals surface area contributed by atoms with Crippen molar-refractivity contribution in [3.05, 3.63) is 24.3 Å². The van der Waals surface area contributed by atoms with E-state index in [0.717, 1.165) is 0 Å². The lowest BCUT2D eigenvalue weighted by Gasteiger charge is -2.21. The van der Waals surface area contributed by atoms with E-state index in [-0.39, 0.29) is 28.2 Å². The molecule has 0 N–H and O–H groups in total. The van der Waals surface area contributed by atoms with Crippen LogP contribution in [0.15, 0.2) is 34.1 Å². The van der Waals surface area contributed by atoms with Gasteiger partial charge >= 0.3 is 5.97 Å². The van der Waals surface area contributed by atoms with Gasteiger partial charge in [0.05, 0.1) is 22.3 Å². The van der Waals surface area contributed by atoms with Crippen LogP contribution in [0.5, 0.6) is 0 Å². The van der Waals surface area contributed by atoms with Gasteiger partial charge in [-0.15, -0.1) is 0 Å². The molecule has 164 valence electrons. The van der Waals surface area contributed by atoms with Gasteiger partial charge in [0, 0.05) is 26.2 Å². The maximum Gasteiger partial charge on any atom is 0.308 e. The van der Waals surface area contributed by atoms with Crippen LogP contribution in [0.1, 0.15) is 40.0 Å². The summed E-state index contributed by atoms with van der Waals surface area (Å²) in [4.78, 5) is 12.1. The number of rotatable bonds is 8. The molecule has 0 spiro atoms. The highest BCUT2D eigenvalue weighted by atomic mass is 32.2. The van der Waals surface area contributed by atoms with Crippen molar-refractivity contribution in [3.8, 4) is 0 Å². The largest absolute Gasteiger partial charge is 0.466 e. The molecule has 1 aliphatic rings. The normalized spacial score (nSPS) is 19.1. The fraction of sp³-hybridized carbons (Fsp3) is 0.632. The molecule has 0 aromatic heterocycles. The van der Waals surface area contributed by atoms with Crippen LogP contribution in [0.4, 0.5) is 0 Å². The van der Waals surface area contributed by atoms with Gasteiger partial charge in [0.25, 0.3) is 0 Å². The lowest BCUT2D eigenvalue weighted by molar-refractivity contribution is -0.148. The first-order valence-electron chi connectivity index (χ1n) is 9.95. The average molecular weight is 447 g/mol. The number of carbonyl (C=O) groups is 1. The van der Waals surface area contributed by atoms with Gasteiger partial charge in [-0.1, -0.05) is 13.8 Å². The summed E-state index contributed by atoms with van der Waals surface area (Å²) < 4.78 is 58.9. The van der Waals surface area contributed by atoms with E-state index >= 15 is 0 Å². The van der Waals surface area contributed by atoms with E-state index in [1.165, 1.54) is 32.9 Å². The molecule has 1 unspecified atom stereocenters. The van der Waals surface area contributed by atoms with Gasteiger partial charge in [-0.3, -0.25) is 4.79 Å². The van der Waals surface area contributed by atoms with Gasteiger partial charge in [0.15, 0.2) is 0 Å². The molecule has 1 aromatic carbocycles. The zero-order valence-corrected chi connectivity index (χ0v) is 18.8. The SMILES string of the molecule is CCOC(=O)C1CCCN(S(=O)(=O)c2ccc(S(=O)(=O)N(CC)CC)cc2)CC1. The molecule has 0 aliphatic carbocycles. The topological polar surface area (TPSA) is 101 Å². The van der Waals surface area contributed by atoms with Crippen molar-refractivity contribution < 1.29 is 26.4 Å². The quantitative estimate of drug-likeness (QED) is 0.567. The Morgan fingerprint density at radius 1 is 1.00 bits per heavy atom. The van der Waals surface area contributed by atoms with E-state index in [0.29, 0.717) is 45.5 Å². The number of hydrogen-bond donors (Lipinski definition) is 0. The van der Waals surface area contributed by atoms with Gasteiger partial charge in [-0.05, 0) is 50.5 Å². The fourth-order valence-corrected chi connectivity index (χ4v) is 6.40. The highest BCUT2D eigenvalue weighted by Gasteiger charge is 2.31. The number of nitrogens with zero attached hydrogens (tertiary/aromatic N) is 2. The third-order valence-corrected chi connectivity index (χ3v) is 9.09. The summed E-state index contributed by atoms with van der Waals surface area (Å²) in [5.74, 6) is -0.575. The molecule has 10 heteroatoms. The summed E-state index contributed by atoms with van der Waals surface area (Å²) >= 11 is 0. The molecule has 0 saturated carbocycles. The zero-order chi connectivity index (χ0) is 21.7. The Morgan fingerprint density at radius 2 is 1.59 bits per heavy atom. The minimum Gasteiger partial charge on any atom is -0.466 e. The molecule has 0 radical (unpaired) electrons. The van der Waals surface area contributed by atoms with E-state index in [1.807, 2.05) is 0 Å². The van der Waals surface area contributed by atoms with E-state index in [4.69, 9.17) is 4.74 Å². The number of esters is 1. The van der Waals surface area contributed by atoms with Crippen LogP contribution in [-0.2, 0) is 29.6 Å². The van der Waals surface area contributed by atoms with Crippen LogP contribution < -0.4 is 0 Å². The second-order valence-corrected chi connectivity index (χ2v) is 10.7. The molecule has 0 amide bonds. The van der Waals surface area contributed by atoms with E-state index in [9.17, 15) is 21.6 Å². The summed E-state index contributed by atoms with van der Waals surface area (Å²) in [7, 11) is -7.41. The second-order valence-electron chi connectivity index (χ2n) is 6.84. The summed E-state index contributed by atoms with van der Waals surface area (Å²) in [6.07, 6.45) is 1.57. The second kappa shape index (κ2) is 10.0. The molecule has 1 aliphatic heterocycles. The van der Waals surface area contributed by atoms with Crippen LogP contribution in [0.3, 0.4) is 0 Å². The molecular weight excluding hydrogens is 416 g/mol. The summed E-state index contributed by atoms with van der Waals surface area (Å²) in [6.45, 7) is 6.78. The molecule has 1 saturated heterocycles. The van der Waals surface area contributed by atoms with Crippen molar-refractivity contribution in [1.29, 1.82) is 0 Å². The molecule has 0 bridgehead atoms.